The van der Waals surface area contributed by atoms with Crippen LogP contribution in [0.4, 0.5) is 0 Å². The first-order chi connectivity index (χ1) is 12.6. The molecule has 1 aliphatic carbocycles. The van der Waals surface area contributed by atoms with Crippen molar-refractivity contribution >= 4 is 23.6 Å². The van der Waals surface area contributed by atoms with E-state index in [2.05, 4.69) is 21.8 Å². The Morgan fingerprint density at radius 2 is 2.27 bits per heavy atom. The van der Waals surface area contributed by atoms with Gasteiger partial charge in [0.25, 0.3) is 0 Å². The molecule has 0 radical (unpaired) electrons. The van der Waals surface area contributed by atoms with Gasteiger partial charge in [0, 0.05) is 25.0 Å². The molecule has 2 amide bonds. The van der Waals surface area contributed by atoms with Gasteiger partial charge in [0.1, 0.15) is 12.4 Å². The average Bonchev–Trinajstić information content (AvgIpc) is 2.98. The van der Waals surface area contributed by atoms with Crippen molar-refractivity contribution in [3.8, 4) is 0 Å². The van der Waals surface area contributed by atoms with Crippen molar-refractivity contribution in [2.24, 2.45) is 5.41 Å². The highest BCUT2D eigenvalue weighted by molar-refractivity contribution is 8.00. The maximum Gasteiger partial charge on any atom is 0.242 e. The number of hydrogen-bond acceptors (Lipinski definition) is 5. The maximum atomic E-state index is 13.1. The van der Waals surface area contributed by atoms with Crippen LogP contribution >= 0.6 is 11.8 Å². The summed E-state index contributed by atoms with van der Waals surface area (Å²) in [4.78, 5) is 33.3. The second-order valence-corrected chi connectivity index (χ2v) is 8.51. The van der Waals surface area contributed by atoms with Gasteiger partial charge in [-0.3, -0.25) is 9.59 Å². The molecular weight excluding hydrogens is 350 g/mol. The first kappa shape index (κ1) is 17.9. The Labute approximate surface area is 158 Å². The molecule has 1 unspecified atom stereocenters. The highest BCUT2D eigenvalue weighted by Gasteiger charge is 2.58. The summed E-state index contributed by atoms with van der Waals surface area (Å²) in [5.41, 5.74) is 0.272. The molecular formula is C18H27N5O2S. The summed E-state index contributed by atoms with van der Waals surface area (Å²) in [5, 5.41) is 3.42. The van der Waals surface area contributed by atoms with Crippen LogP contribution in [-0.2, 0) is 22.7 Å². The molecule has 2 aliphatic heterocycles. The number of piperidine rings is 1. The quantitative estimate of drug-likeness (QED) is 0.798. The van der Waals surface area contributed by atoms with E-state index in [0.29, 0.717) is 18.2 Å². The predicted molar refractivity (Wildman–Crippen MR) is 100 cm³/mol. The molecule has 1 spiro atoms. The van der Waals surface area contributed by atoms with Crippen molar-refractivity contribution in [3.63, 3.8) is 0 Å². The predicted octanol–water partition coefficient (Wildman–Crippen LogP) is 0.907. The van der Waals surface area contributed by atoms with Crippen LogP contribution in [0, 0.1) is 5.41 Å². The van der Waals surface area contributed by atoms with Crippen molar-refractivity contribution in [2.45, 2.75) is 45.3 Å². The van der Waals surface area contributed by atoms with Crippen molar-refractivity contribution in [1.29, 1.82) is 0 Å². The lowest BCUT2D eigenvalue weighted by molar-refractivity contribution is -0.139. The van der Waals surface area contributed by atoms with E-state index in [4.69, 9.17) is 0 Å². The number of aromatic nitrogens is 2. The molecule has 1 aromatic heterocycles. The number of rotatable bonds is 6. The molecule has 4 rings (SSSR count). The number of carbonyl (C=O) groups is 2. The van der Waals surface area contributed by atoms with Crippen LogP contribution < -0.4 is 5.32 Å². The summed E-state index contributed by atoms with van der Waals surface area (Å²) in [5.74, 6) is 2.19. The molecule has 142 valence electrons. The number of carbonyl (C=O) groups excluding carboxylic acids is 2. The van der Waals surface area contributed by atoms with E-state index in [1.807, 2.05) is 11.1 Å². The van der Waals surface area contributed by atoms with E-state index in [9.17, 15) is 9.59 Å². The first-order valence-corrected chi connectivity index (χ1v) is 10.6. The summed E-state index contributed by atoms with van der Waals surface area (Å²) < 4.78 is 2.09. The zero-order valence-corrected chi connectivity index (χ0v) is 16.1. The molecule has 1 saturated carbocycles. The number of nitrogens with zero attached hydrogens (tertiary/aromatic N) is 4. The Morgan fingerprint density at radius 1 is 1.46 bits per heavy atom. The average molecular weight is 378 g/mol. The fraction of sp³-hybridized carbons (Fsp3) is 0.722. The second kappa shape index (κ2) is 7.23. The fourth-order valence-electron chi connectivity index (χ4n) is 4.33. The Balaban J connectivity index is 1.51. The van der Waals surface area contributed by atoms with Gasteiger partial charge in [-0.25, -0.2) is 4.98 Å². The topological polar surface area (TPSA) is 70.5 Å². The standard InChI is InChI=1S/C18H27N5O2S/c1-2-21-8-7-20-15(21)10-23(14-9-18(14)3-5-19-6-4-18)16(24)11-22-13-26-12-17(22)25/h7-8,14,19H,2-6,9-13H2,1H3. The Hall–Kier alpha value is -1.54. The van der Waals surface area contributed by atoms with E-state index in [-0.39, 0.29) is 29.8 Å². The van der Waals surface area contributed by atoms with E-state index in [1.54, 1.807) is 22.9 Å². The smallest absolute Gasteiger partial charge is 0.242 e. The number of amides is 2. The van der Waals surface area contributed by atoms with Crippen LogP contribution in [0.2, 0.25) is 0 Å². The minimum atomic E-state index is 0.0620. The summed E-state index contributed by atoms with van der Waals surface area (Å²) in [7, 11) is 0. The van der Waals surface area contributed by atoms with E-state index in [0.717, 1.165) is 44.7 Å². The molecule has 3 heterocycles. The van der Waals surface area contributed by atoms with Gasteiger partial charge in [-0.05, 0) is 44.7 Å². The van der Waals surface area contributed by atoms with E-state index in [1.165, 1.54) is 0 Å². The van der Waals surface area contributed by atoms with Gasteiger partial charge < -0.3 is 19.7 Å². The van der Waals surface area contributed by atoms with Crippen molar-refractivity contribution in [2.75, 3.05) is 31.3 Å². The molecule has 8 heteroatoms. The van der Waals surface area contributed by atoms with Gasteiger partial charge in [0.2, 0.25) is 11.8 Å². The van der Waals surface area contributed by atoms with E-state index < -0.39 is 0 Å². The molecule has 0 aromatic carbocycles. The summed E-state index contributed by atoms with van der Waals surface area (Å²) in [6.07, 6.45) is 7.10. The zero-order valence-electron chi connectivity index (χ0n) is 15.3. The highest BCUT2D eigenvalue weighted by Crippen LogP contribution is 2.56. The third-order valence-electron chi connectivity index (χ3n) is 6.05. The van der Waals surface area contributed by atoms with Crippen LogP contribution in [0.1, 0.15) is 32.0 Å². The summed E-state index contributed by atoms with van der Waals surface area (Å²) in [6, 6.07) is 0.282. The summed E-state index contributed by atoms with van der Waals surface area (Å²) >= 11 is 1.58. The van der Waals surface area contributed by atoms with Gasteiger partial charge in [0.15, 0.2) is 0 Å². The highest BCUT2D eigenvalue weighted by atomic mass is 32.2. The lowest BCUT2D eigenvalue weighted by Gasteiger charge is -2.30. The molecule has 3 aliphatic rings. The number of nitrogens with one attached hydrogen (secondary N) is 1. The largest absolute Gasteiger partial charge is 0.334 e. The lowest BCUT2D eigenvalue weighted by Crippen LogP contribution is -2.44. The number of thioether (sulfide) groups is 1. The van der Waals surface area contributed by atoms with Gasteiger partial charge >= 0.3 is 0 Å². The third kappa shape index (κ3) is 3.36. The lowest BCUT2D eigenvalue weighted by atomic mass is 9.93. The molecule has 7 nitrogen and oxygen atoms in total. The van der Waals surface area contributed by atoms with E-state index >= 15 is 0 Å². The fourth-order valence-corrected chi connectivity index (χ4v) is 5.23. The Morgan fingerprint density at radius 3 is 2.96 bits per heavy atom. The Bertz CT molecular complexity index is 685. The third-order valence-corrected chi connectivity index (χ3v) is 6.99. The molecule has 26 heavy (non-hydrogen) atoms. The normalized spacial score (nSPS) is 24.3. The number of imidazole rings is 1. The SMILES string of the molecule is CCn1ccnc1CN(C(=O)CN1CSCC1=O)C1CC12CCNCC2. The van der Waals surface area contributed by atoms with Gasteiger partial charge in [-0.2, -0.15) is 0 Å². The molecule has 0 bridgehead atoms. The van der Waals surface area contributed by atoms with Crippen LogP contribution in [0.25, 0.3) is 0 Å². The number of aryl methyl sites for hydroxylation is 1. The molecule has 1 aromatic rings. The van der Waals surface area contributed by atoms with Gasteiger partial charge in [-0.1, -0.05) is 0 Å². The second-order valence-electron chi connectivity index (χ2n) is 7.55. The monoisotopic (exact) mass is 377 g/mol. The minimum absolute atomic E-state index is 0.0620. The molecule has 1 atom stereocenters. The van der Waals surface area contributed by atoms with Crippen LogP contribution in [-0.4, -0.2) is 68.5 Å². The minimum Gasteiger partial charge on any atom is -0.334 e. The van der Waals surface area contributed by atoms with Crippen LogP contribution in [0.5, 0.6) is 0 Å². The van der Waals surface area contributed by atoms with Crippen molar-refractivity contribution in [1.82, 2.24) is 24.7 Å². The molecule has 1 N–H and O–H groups in total. The summed E-state index contributed by atoms with van der Waals surface area (Å²) in [6.45, 7) is 5.73. The van der Waals surface area contributed by atoms with Gasteiger partial charge in [-0.15, -0.1) is 11.8 Å². The maximum absolute atomic E-state index is 13.1. The Kier molecular flexibility index (Phi) is 4.96. The molecule has 2 saturated heterocycles. The van der Waals surface area contributed by atoms with Crippen molar-refractivity contribution in [3.05, 3.63) is 18.2 Å². The number of hydrogen-bond donors (Lipinski definition) is 1. The van der Waals surface area contributed by atoms with Crippen LogP contribution in [0.3, 0.4) is 0 Å². The van der Waals surface area contributed by atoms with Gasteiger partial charge in [0.05, 0.1) is 18.2 Å². The van der Waals surface area contributed by atoms with Crippen LogP contribution in [0.15, 0.2) is 12.4 Å². The molecule has 3 fully saturated rings. The zero-order chi connectivity index (χ0) is 18.1. The first-order valence-electron chi connectivity index (χ1n) is 9.49. The van der Waals surface area contributed by atoms with Crippen molar-refractivity contribution < 1.29 is 9.59 Å².